The van der Waals surface area contributed by atoms with E-state index in [1.807, 2.05) is 65.0 Å². The Hall–Kier alpha value is -2.53. The van der Waals surface area contributed by atoms with Crippen LogP contribution in [0.25, 0.3) is 0 Å². The predicted molar refractivity (Wildman–Crippen MR) is 116 cm³/mol. The Kier molecular flexibility index (Phi) is 6.18. The van der Waals surface area contributed by atoms with E-state index in [1.165, 1.54) is 5.56 Å². The molecule has 0 aliphatic carbocycles. The zero-order valence-electron chi connectivity index (χ0n) is 18.1. The van der Waals surface area contributed by atoms with Gasteiger partial charge in [0, 0.05) is 11.4 Å². The standard InChI is InChI=1S/C24H32N2O3/c1-23(2,3)29-22(27)26-21(17-28-24(26,4)5)16-13-18-11-14-20(15-12-18)25-19-9-7-6-8-10-19/h6-12,14-15,21,25H,13,16-17H2,1-5H3/t21-/m0/s1. The molecule has 1 saturated heterocycles. The van der Waals surface area contributed by atoms with Gasteiger partial charge in [0.25, 0.3) is 0 Å². The molecule has 1 aliphatic heterocycles. The fourth-order valence-corrected chi connectivity index (χ4v) is 3.55. The van der Waals surface area contributed by atoms with Gasteiger partial charge in [-0.05, 0) is 77.3 Å². The van der Waals surface area contributed by atoms with Crippen molar-refractivity contribution in [3.8, 4) is 0 Å². The number of anilines is 2. The number of carbonyl (C=O) groups is 1. The molecule has 29 heavy (non-hydrogen) atoms. The molecule has 1 atom stereocenters. The van der Waals surface area contributed by atoms with Crippen molar-refractivity contribution in [2.75, 3.05) is 11.9 Å². The normalized spacial score (nSPS) is 18.5. The van der Waals surface area contributed by atoms with Crippen molar-refractivity contribution in [3.63, 3.8) is 0 Å². The molecule has 5 heteroatoms. The molecule has 156 valence electrons. The van der Waals surface area contributed by atoms with Crippen LogP contribution in [-0.2, 0) is 15.9 Å². The van der Waals surface area contributed by atoms with Crippen LogP contribution in [0.1, 0.15) is 46.6 Å². The summed E-state index contributed by atoms with van der Waals surface area (Å²) in [6.45, 7) is 10.0. The lowest BCUT2D eigenvalue weighted by Gasteiger charge is -2.35. The maximum Gasteiger partial charge on any atom is 0.412 e. The van der Waals surface area contributed by atoms with Crippen LogP contribution in [0.3, 0.4) is 0 Å². The van der Waals surface area contributed by atoms with E-state index in [4.69, 9.17) is 9.47 Å². The molecule has 5 nitrogen and oxygen atoms in total. The lowest BCUT2D eigenvalue weighted by molar-refractivity contribution is -0.0626. The minimum atomic E-state index is -0.656. The zero-order chi connectivity index (χ0) is 21.1. The Balaban J connectivity index is 1.60. The fourth-order valence-electron chi connectivity index (χ4n) is 3.55. The number of para-hydroxylation sites is 1. The van der Waals surface area contributed by atoms with Gasteiger partial charge in [-0.1, -0.05) is 30.3 Å². The van der Waals surface area contributed by atoms with Gasteiger partial charge >= 0.3 is 6.09 Å². The van der Waals surface area contributed by atoms with Gasteiger partial charge < -0.3 is 14.8 Å². The summed E-state index contributed by atoms with van der Waals surface area (Å²) in [5, 5.41) is 3.39. The average molecular weight is 397 g/mol. The number of hydrogen-bond donors (Lipinski definition) is 1. The molecule has 1 aliphatic rings. The Morgan fingerprint density at radius 2 is 1.72 bits per heavy atom. The highest BCUT2D eigenvalue weighted by molar-refractivity contribution is 5.69. The van der Waals surface area contributed by atoms with Crippen LogP contribution in [0.2, 0.25) is 0 Å². The number of benzene rings is 2. The summed E-state index contributed by atoms with van der Waals surface area (Å²) in [6, 6.07) is 18.5. The first-order valence-electron chi connectivity index (χ1n) is 10.2. The molecule has 0 saturated carbocycles. The molecule has 0 unspecified atom stereocenters. The molecule has 0 radical (unpaired) electrons. The predicted octanol–water partition coefficient (Wildman–Crippen LogP) is 5.73. The van der Waals surface area contributed by atoms with Crippen molar-refractivity contribution >= 4 is 17.5 Å². The summed E-state index contributed by atoms with van der Waals surface area (Å²) < 4.78 is 11.5. The summed E-state index contributed by atoms with van der Waals surface area (Å²) >= 11 is 0. The highest BCUT2D eigenvalue weighted by Crippen LogP contribution is 2.31. The minimum absolute atomic E-state index is 0.00182. The van der Waals surface area contributed by atoms with Crippen LogP contribution in [-0.4, -0.2) is 35.0 Å². The van der Waals surface area contributed by atoms with Gasteiger partial charge in [0.05, 0.1) is 12.6 Å². The molecule has 1 heterocycles. The van der Waals surface area contributed by atoms with Crippen LogP contribution in [0.4, 0.5) is 16.2 Å². The van der Waals surface area contributed by atoms with Gasteiger partial charge in [0.2, 0.25) is 0 Å². The molecule has 1 N–H and O–H groups in total. The first kappa shape index (κ1) is 21.2. The highest BCUT2D eigenvalue weighted by atomic mass is 16.6. The number of ether oxygens (including phenoxy) is 2. The summed E-state index contributed by atoms with van der Waals surface area (Å²) in [6.07, 6.45) is 1.38. The second-order valence-corrected chi connectivity index (χ2v) is 8.99. The van der Waals surface area contributed by atoms with Crippen LogP contribution < -0.4 is 5.32 Å². The fraction of sp³-hybridized carbons (Fsp3) is 0.458. The van der Waals surface area contributed by atoms with E-state index in [9.17, 15) is 4.79 Å². The van der Waals surface area contributed by atoms with Crippen molar-refractivity contribution in [1.82, 2.24) is 4.90 Å². The largest absolute Gasteiger partial charge is 0.444 e. The number of nitrogens with zero attached hydrogens (tertiary/aromatic N) is 1. The van der Waals surface area contributed by atoms with Crippen molar-refractivity contribution in [3.05, 3.63) is 60.2 Å². The molecule has 2 aromatic rings. The number of hydrogen-bond acceptors (Lipinski definition) is 4. The number of amides is 1. The molecule has 3 rings (SSSR count). The smallest absolute Gasteiger partial charge is 0.412 e. The van der Waals surface area contributed by atoms with E-state index in [1.54, 1.807) is 4.90 Å². The van der Waals surface area contributed by atoms with Crippen LogP contribution in [0.5, 0.6) is 0 Å². The maximum atomic E-state index is 12.7. The van der Waals surface area contributed by atoms with E-state index < -0.39 is 11.3 Å². The Morgan fingerprint density at radius 1 is 1.10 bits per heavy atom. The first-order chi connectivity index (χ1) is 13.6. The number of aryl methyl sites for hydroxylation is 1. The Morgan fingerprint density at radius 3 is 2.34 bits per heavy atom. The summed E-state index contributed by atoms with van der Waals surface area (Å²) in [7, 11) is 0. The monoisotopic (exact) mass is 396 g/mol. The highest BCUT2D eigenvalue weighted by Gasteiger charge is 2.45. The summed E-state index contributed by atoms with van der Waals surface area (Å²) in [4.78, 5) is 14.5. The molecular weight excluding hydrogens is 364 g/mol. The number of nitrogens with one attached hydrogen (secondary N) is 1. The van der Waals surface area contributed by atoms with Gasteiger partial charge in [0.1, 0.15) is 11.3 Å². The first-order valence-corrected chi connectivity index (χ1v) is 10.2. The molecular formula is C24H32N2O3. The molecule has 2 aromatic carbocycles. The lowest BCUT2D eigenvalue weighted by atomic mass is 10.0. The topological polar surface area (TPSA) is 50.8 Å². The number of rotatable bonds is 5. The molecule has 0 spiro atoms. The third kappa shape index (κ3) is 5.73. The Bertz CT molecular complexity index is 810. The van der Waals surface area contributed by atoms with Crippen LogP contribution >= 0.6 is 0 Å². The second-order valence-electron chi connectivity index (χ2n) is 8.99. The quantitative estimate of drug-likeness (QED) is 0.701. The van der Waals surface area contributed by atoms with Crippen molar-refractivity contribution in [2.24, 2.45) is 0 Å². The number of carbonyl (C=O) groups excluding carboxylic acids is 1. The minimum Gasteiger partial charge on any atom is -0.444 e. The third-order valence-electron chi connectivity index (χ3n) is 4.95. The van der Waals surface area contributed by atoms with E-state index >= 15 is 0 Å². The van der Waals surface area contributed by atoms with E-state index in [-0.39, 0.29) is 12.1 Å². The second kappa shape index (κ2) is 8.46. The van der Waals surface area contributed by atoms with E-state index in [2.05, 4.69) is 29.6 Å². The van der Waals surface area contributed by atoms with Gasteiger partial charge in [-0.2, -0.15) is 0 Å². The molecule has 1 amide bonds. The SMILES string of the molecule is CC(C)(C)OC(=O)N1[C@@H](CCc2ccc(Nc3ccccc3)cc2)COC1(C)C. The van der Waals surface area contributed by atoms with Crippen molar-refractivity contribution in [2.45, 2.75) is 64.8 Å². The summed E-state index contributed by atoms with van der Waals surface area (Å²) in [5.41, 5.74) is 2.18. The molecule has 0 bridgehead atoms. The summed E-state index contributed by atoms with van der Waals surface area (Å²) in [5.74, 6) is 0. The molecule has 1 fully saturated rings. The Labute approximate surface area is 174 Å². The van der Waals surface area contributed by atoms with Gasteiger partial charge in [-0.25, -0.2) is 4.79 Å². The lowest BCUT2D eigenvalue weighted by Crippen LogP contribution is -2.49. The van der Waals surface area contributed by atoms with Gasteiger partial charge in [0.15, 0.2) is 0 Å². The zero-order valence-corrected chi connectivity index (χ0v) is 18.1. The van der Waals surface area contributed by atoms with Crippen LogP contribution in [0.15, 0.2) is 54.6 Å². The third-order valence-corrected chi connectivity index (χ3v) is 4.95. The van der Waals surface area contributed by atoms with E-state index in [0.29, 0.717) is 6.61 Å². The van der Waals surface area contributed by atoms with E-state index in [0.717, 1.165) is 24.2 Å². The van der Waals surface area contributed by atoms with Crippen molar-refractivity contribution in [1.29, 1.82) is 0 Å². The average Bonchev–Trinajstić information content (AvgIpc) is 2.95. The van der Waals surface area contributed by atoms with Crippen LogP contribution in [0, 0.1) is 0 Å². The maximum absolute atomic E-state index is 12.7. The molecule has 0 aromatic heterocycles. The van der Waals surface area contributed by atoms with Crippen molar-refractivity contribution < 1.29 is 14.3 Å². The van der Waals surface area contributed by atoms with Gasteiger partial charge in [-0.15, -0.1) is 0 Å². The van der Waals surface area contributed by atoms with Gasteiger partial charge in [-0.3, -0.25) is 4.90 Å².